The highest BCUT2D eigenvalue weighted by molar-refractivity contribution is 6.66. The minimum absolute atomic E-state index is 0.228. The summed E-state index contributed by atoms with van der Waals surface area (Å²) in [7, 11) is 0. The van der Waals surface area contributed by atoms with Crippen molar-refractivity contribution in [2.24, 2.45) is 4.99 Å². The number of halogens is 1. The predicted molar refractivity (Wildman–Crippen MR) is 131 cm³/mol. The maximum atomic E-state index is 13.0. The van der Waals surface area contributed by atoms with Gasteiger partial charge in [-0.1, -0.05) is 43.1 Å². The number of rotatable bonds is 9. The first-order chi connectivity index (χ1) is 15.6. The van der Waals surface area contributed by atoms with E-state index in [9.17, 15) is 9.59 Å². The Morgan fingerprint density at radius 3 is 2.31 bits per heavy atom. The van der Waals surface area contributed by atoms with Gasteiger partial charge in [0.25, 0.3) is 5.56 Å². The van der Waals surface area contributed by atoms with Gasteiger partial charge in [-0.25, -0.2) is 9.79 Å². The molecule has 1 aromatic heterocycles. The van der Waals surface area contributed by atoms with Gasteiger partial charge in [0.15, 0.2) is 0 Å². The van der Waals surface area contributed by atoms with Crippen LogP contribution in [0.2, 0.25) is 0 Å². The lowest BCUT2D eigenvalue weighted by Crippen LogP contribution is -2.46. The number of piperazine rings is 1. The van der Waals surface area contributed by atoms with E-state index < -0.39 is 0 Å². The van der Waals surface area contributed by atoms with E-state index in [1.54, 1.807) is 4.57 Å². The fraction of sp³-hybridized carbons (Fsp3) is 0.542. The van der Waals surface area contributed by atoms with Gasteiger partial charge in [-0.3, -0.25) is 18.8 Å². The summed E-state index contributed by atoms with van der Waals surface area (Å²) < 4.78 is 3.03. The van der Waals surface area contributed by atoms with Crippen LogP contribution in [0, 0.1) is 0 Å². The highest BCUT2D eigenvalue weighted by Crippen LogP contribution is 2.24. The van der Waals surface area contributed by atoms with E-state index in [2.05, 4.69) is 46.0 Å². The molecule has 32 heavy (non-hydrogen) atoms. The second kappa shape index (κ2) is 10.5. The number of nitrogens with zero attached hydrogens (tertiary/aromatic N) is 5. The summed E-state index contributed by atoms with van der Waals surface area (Å²) in [4.78, 5) is 35.1. The number of aromatic nitrogens is 2. The number of fused-ring (bicyclic) bond motifs is 1. The SMILES string of the molecule is CCCCn1c2c(c(=O)n(CCCCN3CCN(c4ccccc4)CC3)c1=O)CC(Cl)=N2. The van der Waals surface area contributed by atoms with Gasteiger partial charge in [0, 0.05) is 51.4 Å². The highest BCUT2D eigenvalue weighted by Gasteiger charge is 2.24. The molecule has 172 valence electrons. The summed E-state index contributed by atoms with van der Waals surface area (Å²) in [6.07, 6.45) is 3.92. The molecule has 0 atom stereocenters. The van der Waals surface area contributed by atoms with Crippen LogP contribution >= 0.6 is 11.6 Å². The van der Waals surface area contributed by atoms with Gasteiger partial charge in [0.05, 0.1) is 5.56 Å². The third kappa shape index (κ3) is 4.99. The second-order valence-electron chi connectivity index (χ2n) is 8.58. The van der Waals surface area contributed by atoms with Crippen molar-refractivity contribution in [3.05, 3.63) is 56.7 Å². The molecule has 7 nitrogen and oxygen atoms in total. The van der Waals surface area contributed by atoms with E-state index in [0.717, 1.165) is 58.4 Å². The van der Waals surface area contributed by atoms with Crippen LogP contribution in [0.15, 0.2) is 44.9 Å². The first-order valence-corrected chi connectivity index (χ1v) is 12.1. The van der Waals surface area contributed by atoms with Crippen molar-refractivity contribution < 1.29 is 0 Å². The van der Waals surface area contributed by atoms with Crippen LogP contribution in [-0.2, 0) is 19.5 Å². The van der Waals surface area contributed by atoms with Crippen molar-refractivity contribution in [3.8, 4) is 0 Å². The molecule has 2 aliphatic heterocycles. The fourth-order valence-corrected chi connectivity index (χ4v) is 4.73. The summed E-state index contributed by atoms with van der Waals surface area (Å²) >= 11 is 6.10. The molecule has 1 saturated heterocycles. The van der Waals surface area contributed by atoms with Gasteiger partial charge in [0.2, 0.25) is 0 Å². The Kier molecular flexibility index (Phi) is 7.48. The maximum absolute atomic E-state index is 13.0. The van der Waals surface area contributed by atoms with Gasteiger partial charge in [-0.05, 0) is 37.9 Å². The monoisotopic (exact) mass is 457 g/mol. The molecule has 0 spiro atoms. The number of benzene rings is 1. The Morgan fingerprint density at radius 2 is 1.59 bits per heavy atom. The minimum atomic E-state index is -0.256. The smallest absolute Gasteiger partial charge is 0.332 e. The molecule has 2 aromatic rings. The minimum Gasteiger partial charge on any atom is -0.369 e. The van der Waals surface area contributed by atoms with Crippen LogP contribution in [-0.4, -0.2) is 51.9 Å². The molecule has 0 unspecified atom stereocenters. The van der Waals surface area contributed by atoms with Crippen molar-refractivity contribution in [3.63, 3.8) is 0 Å². The molecule has 8 heteroatoms. The zero-order valence-corrected chi connectivity index (χ0v) is 19.6. The van der Waals surface area contributed by atoms with Crippen molar-refractivity contribution in [2.45, 2.75) is 52.1 Å². The summed E-state index contributed by atoms with van der Waals surface area (Å²) in [6.45, 7) is 8.20. The third-order valence-electron chi connectivity index (χ3n) is 6.38. The second-order valence-corrected chi connectivity index (χ2v) is 9.02. The third-order valence-corrected chi connectivity index (χ3v) is 6.59. The zero-order valence-electron chi connectivity index (χ0n) is 18.8. The Bertz CT molecular complexity index is 1070. The van der Waals surface area contributed by atoms with Crippen LogP contribution in [0.25, 0.3) is 0 Å². The molecule has 1 aromatic carbocycles. The zero-order chi connectivity index (χ0) is 22.5. The summed E-state index contributed by atoms with van der Waals surface area (Å²) in [5.41, 5.74) is 1.36. The lowest BCUT2D eigenvalue weighted by atomic mass is 10.2. The lowest BCUT2D eigenvalue weighted by Gasteiger charge is -2.36. The summed E-state index contributed by atoms with van der Waals surface area (Å²) in [5.74, 6) is 0.464. The molecule has 0 aliphatic carbocycles. The van der Waals surface area contributed by atoms with Gasteiger partial charge in [-0.2, -0.15) is 0 Å². The van der Waals surface area contributed by atoms with Crippen molar-refractivity contribution in [1.82, 2.24) is 14.0 Å². The molecule has 0 N–H and O–H groups in total. The van der Waals surface area contributed by atoms with E-state index in [1.807, 2.05) is 6.07 Å². The van der Waals surface area contributed by atoms with Crippen molar-refractivity contribution in [2.75, 3.05) is 37.6 Å². The first kappa shape index (κ1) is 22.8. The van der Waals surface area contributed by atoms with Crippen LogP contribution < -0.4 is 16.1 Å². The van der Waals surface area contributed by atoms with Crippen molar-refractivity contribution >= 4 is 28.3 Å². The molecular formula is C24H32ClN5O2. The normalized spacial score (nSPS) is 16.3. The molecular weight excluding hydrogens is 426 g/mol. The lowest BCUT2D eigenvalue weighted by molar-refractivity contribution is 0.251. The molecule has 0 radical (unpaired) electrons. The summed E-state index contributed by atoms with van der Waals surface area (Å²) in [6, 6.07) is 10.5. The Morgan fingerprint density at radius 1 is 0.906 bits per heavy atom. The fourth-order valence-electron chi connectivity index (χ4n) is 4.52. The van der Waals surface area contributed by atoms with Gasteiger partial charge in [0.1, 0.15) is 11.0 Å². The Hall–Kier alpha value is -2.38. The van der Waals surface area contributed by atoms with Crippen LogP contribution in [0.1, 0.15) is 38.2 Å². The van der Waals surface area contributed by atoms with Crippen LogP contribution in [0.5, 0.6) is 0 Å². The number of para-hydroxylation sites is 1. The van der Waals surface area contributed by atoms with Crippen molar-refractivity contribution in [1.29, 1.82) is 0 Å². The number of anilines is 1. The molecule has 4 rings (SSSR count). The van der Waals surface area contributed by atoms with E-state index in [4.69, 9.17) is 11.6 Å². The average Bonchev–Trinajstić information content (AvgIpc) is 3.21. The van der Waals surface area contributed by atoms with Gasteiger partial charge >= 0.3 is 5.69 Å². The number of hydrogen-bond acceptors (Lipinski definition) is 5. The first-order valence-electron chi connectivity index (χ1n) is 11.7. The molecule has 1 fully saturated rings. The quantitative estimate of drug-likeness (QED) is 0.542. The van der Waals surface area contributed by atoms with Crippen LogP contribution in [0.4, 0.5) is 11.5 Å². The number of unbranched alkanes of at least 4 members (excludes halogenated alkanes) is 2. The molecule has 0 amide bonds. The highest BCUT2D eigenvalue weighted by atomic mass is 35.5. The topological polar surface area (TPSA) is 62.8 Å². The van der Waals surface area contributed by atoms with Crippen LogP contribution in [0.3, 0.4) is 0 Å². The molecule has 2 aliphatic rings. The predicted octanol–water partition coefficient (Wildman–Crippen LogP) is 3.24. The Balaban J connectivity index is 1.33. The molecule has 0 saturated carbocycles. The van der Waals surface area contributed by atoms with Gasteiger partial charge in [-0.15, -0.1) is 0 Å². The van der Waals surface area contributed by atoms with E-state index in [-0.39, 0.29) is 11.2 Å². The Labute approximate surface area is 193 Å². The van der Waals surface area contributed by atoms with E-state index >= 15 is 0 Å². The largest absolute Gasteiger partial charge is 0.369 e. The average molecular weight is 458 g/mol. The molecule has 0 bridgehead atoms. The summed E-state index contributed by atoms with van der Waals surface area (Å²) in [5, 5.41) is 0.383. The molecule has 3 heterocycles. The van der Waals surface area contributed by atoms with E-state index in [1.165, 1.54) is 10.3 Å². The number of aliphatic imine (C=N–C) groups is 1. The maximum Gasteiger partial charge on any atom is 0.332 e. The van der Waals surface area contributed by atoms with Gasteiger partial charge < -0.3 is 4.90 Å². The van der Waals surface area contributed by atoms with E-state index in [0.29, 0.717) is 36.1 Å². The standard InChI is InChI=1S/C24H32ClN5O2/c1-2-3-12-29-22-20(18-21(25)26-22)23(31)30(24(29)32)13-8-7-11-27-14-16-28(17-15-27)19-9-5-4-6-10-19/h4-6,9-10H,2-3,7-8,11-18H2,1H3. The number of hydrogen-bond donors (Lipinski definition) is 0.